The molecule has 0 atom stereocenters. The molecule has 0 saturated heterocycles. The number of thiophene rings is 1. The molecule has 1 N–H and O–H groups in total. The molecule has 0 spiro atoms. The van der Waals surface area contributed by atoms with Crippen LogP contribution in [0, 0.1) is 11.3 Å². The number of hydrogen-bond acceptors (Lipinski definition) is 5. The van der Waals surface area contributed by atoms with E-state index in [2.05, 4.69) is 10.4 Å². The molecule has 0 aliphatic rings. The second-order valence-electron chi connectivity index (χ2n) is 5.21. The Hall–Kier alpha value is -3.24. The van der Waals surface area contributed by atoms with Crippen molar-refractivity contribution in [2.45, 2.75) is 6.54 Å². The Morgan fingerprint density at radius 1 is 1.24 bits per heavy atom. The number of nitrogens with one attached hydrogen (secondary N) is 1. The lowest BCUT2D eigenvalue weighted by Crippen LogP contribution is -2.31. The fraction of sp³-hybridized carbons (Fsp3) is 0.111. The lowest BCUT2D eigenvalue weighted by Gasteiger charge is -2.08. The largest absolute Gasteiger partial charge is 0.350 e. The van der Waals surface area contributed by atoms with Crippen molar-refractivity contribution in [3.8, 4) is 16.6 Å². The fourth-order valence-corrected chi connectivity index (χ4v) is 2.96. The Bertz CT molecular complexity index is 987. The number of carbonyl (C=O) groups excluding carboxylic acids is 1. The van der Waals surface area contributed by atoms with E-state index in [1.54, 1.807) is 35.6 Å². The number of hydrogen-bond donors (Lipinski definition) is 1. The first-order valence-electron chi connectivity index (χ1n) is 7.58. The Balaban J connectivity index is 1.66. The molecule has 0 saturated carbocycles. The van der Waals surface area contributed by atoms with Gasteiger partial charge in [-0.1, -0.05) is 12.1 Å². The van der Waals surface area contributed by atoms with Gasteiger partial charge in [0.15, 0.2) is 0 Å². The van der Waals surface area contributed by atoms with Crippen molar-refractivity contribution in [1.82, 2.24) is 15.1 Å². The van der Waals surface area contributed by atoms with Crippen molar-refractivity contribution in [3.63, 3.8) is 0 Å². The van der Waals surface area contributed by atoms with Crippen LogP contribution in [0.3, 0.4) is 0 Å². The summed E-state index contributed by atoms with van der Waals surface area (Å²) in [5.74, 6) is -0.292. The standard InChI is InChI=1S/C18H14N4O2S/c19-12-13-3-1-4-14(11-13)18(24)20-8-9-22-17(23)7-6-15(21-22)16-5-2-10-25-16/h1-7,10-11H,8-9H2,(H,20,24). The van der Waals surface area contributed by atoms with Crippen molar-refractivity contribution < 1.29 is 4.79 Å². The molecule has 0 radical (unpaired) electrons. The van der Waals surface area contributed by atoms with Gasteiger partial charge in [-0.05, 0) is 35.7 Å². The topological polar surface area (TPSA) is 87.8 Å². The summed E-state index contributed by atoms with van der Waals surface area (Å²) in [7, 11) is 0. The van der Waals surface area contributed by atoms with Crippen LogP contribution in [0.4, 0.5) is 0 Å². The van der Waals surface area contributed by atoms with Crippen LogP contribution < -0.4 is 10.9 Å². The third-order valence-electron chi connectivity index (χ3n) is 3.50. The number of aromatic nitrogens is 2. The molecular weight excluding hydrogens is 336 g/mol. The van der Waals surface area contributed by atoms with E-state index in [0.29, 0.717) is 11.1 Å². The third-order valence-corrected chi connectivity index (χ3v) is 4.40. The predicted molar refractivity (Wildman–Crippen MR) is 95.3 cm³/mol. The van der Waals surface area contributed by atoms with Crippen LogP contribution in [-0.4, -0.2) is 22.2 Å². The summed E-state index contributed by atoms with van der Waals surface area (Å²) >= 11 is 1.55. The van der Waals surface area contributed by atoms with Crippen LogP contribution in [0.15, 0.2) is 58.7 Å². The van der Waals surface area contributed by atoms with Gasteiger partial charge in [-0.3, -0.25) is 9.59 Å². The van der Waals surface area contributed by atoms with E-state index in [9.17, 15) is 9.59 Å². The number of carbonyl (C=O) groups is 1. The first kappa shape index (κ1) is 16.6. The summed E-state index contributed by atoms with van der Waals surface area (Å²) in [5, 5.41) is 17.9. The summed E-state index contributed by atoms with van der Waals surface area (Å²) in [6, 6.07) is 15.5. The lowest BCUT2D eigenvalue weighted by atomic mass is 10.1. The predicted octanol–water partition coefficient (Wildman–Crippen LogP) is 2.27. The molecule has 0 unspecified atom stereocenters. The smallest absolute Gasteiger partial charge is 0.266 e. The molecule has 3 rings (SSSR count). The van der Waals surface area contributed by atoms with Gasteiger partial charge >= 0.3 is 0 Å². The number of amides is 1. The summed E-state index contributed by atoms with van der Waals surface area (Å²) in [4.78, 5) is 25.0. The number of rotatable bonds is 5. The molecule has 0 aliphatic carbocycles. The minimum atomic E-state index is -0.292. The van der Waals surface area contributed by atoms with Crippen molar-refractivity contribution in [2.75, 3.05) is 6.54 Å². The minimum Gasteiger partial charge on any atom is -0.350 e. The Kier molecular flexibility index (Phi) is 5.02. The van der Waals surface area contributed by atoms with Crippen molar-refractivity contribution in [3.05, 3.63) is 75.4 Å². The van der Waals surface area contributed by atoms with Gasteiger partial charge in [0, 0.05) is 18.2 Å². The second kappa shape index (κ2) is 7.55. The first-order chi connectivity index (χ1) is 12.2. The van der Waals surface area contributed by atoms with E-state index in [4.69, 9.17) is 5.26 Å². The van der Waals surface area contributed by atoms with Crippen LogP contribution in [0.1, 0.15) is 15.9 Å². The lowest BCUT2D eigenvalue weighted by molar-refractivity contribution is 0.0951. The molecule has 25 heavy (non-hydrogen) atoms. The summed E-state index contributed by atoms with van der Waals surface area (Å²) in [5.41, 5.74) is 1.34. The maximum Gasteiger partial charge on any atom is 0.266 e. The third kappa shape index (κ3) is 4.00. The molecular formula is C18H14N4O2S. The summed E-state index contributed by atoms with van der Waals surface area (Å²) < 4.78 is 1.33. The molecule has 6 nitrogen and oxygen atoms in total. The molecule has 124 valence electrons. The number of benzene rings is 1. The normalized spacial score (nSPS) is 10.2. The van der Waals surface area contributed by atoms with Crippen LogP contribution in [0.5, 0.6) is 0 Å². The van der Waals surface area contributed by atoms with Gasteiger partial charge in [0.25, 0.3) is 11.5 Å². The van der Waals surface area contributed by atoms with Crippen molar-refractivity contribution in [2.24, 2.45) is 0 Å². The molecule has 0 fully saturated rings. The maximum atomic E-state index is 12.1. The average molecular weight is 350 g/mol. The van der Waals surface area contributed by atoms with E-state index in [-0.39, 0.29) is 24.6 Å². The summed E-state index contributed by atoms with van der Waals surface area (Å²) in [6.45, 7) is 0.526. The fourth-order valence-electron chi connectivity index (χ4n) is 2.27. The van der Waals surface area contributed by atoms with Crippen LogP contribution in [0.2, 0.25) is 0 Å². The van der Waals surface area contributed by atoms with Crippen molar-refractivity contribution >= 4 is 17.2 Å². The maximum absolute atomic E-state index is 12.1. The van der Waals surface area contributed by atoms with E-state index in [1.807, 2.05) is 23.6 Å². The molecule has 7 heteroatoms. The Morgan fingerprint density at radius 3 is 2.88 bits per heavy atom. The van der Waals surface area contributed by atoms with E-state index in [0.717, 1.165) is 10.6 Å². The second-order valence-corrected chi connectivity index (χ2v) is 6.15. The molecule has 0 bridgehead atoms. The molecule has 1 aromatic carbocycles. The van der Waals surface area contributed by atoms with E-state index < -0.39 is 0 Å². The van der Waals surface area contributed by atoms with Gasteiger partial charge in [-0.2, -0.15) is 10.4 Å². The van der Waals surface area contributed by atoms with Gasteiger partial charge in [-0.15, -0.1) is 11.3 Å². The molecule has 3 aromatic rings. The van der Waals surface area contributed by atoms with Crippen LogP contribution >= 0.6 is 11.3 Å². The number of nitrogens with zero attached hydrogens (tertiary/aromatic N) is 3. The van der Waals surface area contributed by atoms with Gasteiger partial charge in [-0.25, -0.2) is 4.68 Å². The highest BCUT2D eigenvalue weighted by atomic mass is 32.1. The molecule has 1 amide bonds. The highest BCUT2D eigenvalue weighted by Gasteiger charge is 2.07. The molecule has 2 aromatic heterocycles. The van der Waals surface area contributed by atoms with Crippen LogP contribution in [-0.2, 0) is 6.54 Å². The Morgan fingerprint density at radius 2 is 2.12 bits per heavy atom. The van der Waals surface area contributed by atoms with E-state index >= 15 is 0 Å². The molecule has 2 heterocycles. The SMILES string of the molecule is N#Cc1cccc(C(=O)NCCn2nc(-c3cccs3)ccc2=O)c1. The monoisotopic (exact) mass is 350 g/mol. The van der Waals surface area contributed by atoms with Crippen LogP contribution in [0.25, 0.3) is 10.6 Å². The summed E-state index contributed by atoms with van der Waals surface area (Å²) in [6.07, 6.45) is 0. The van der Waals surface area contributed by atoms with Gasteiger partial charge in [0.2, 0.25) is 0 Å². The first-order valence-corrected chi connectivity index (χ1v) is 8.46. The van der Waals surface area contributed by atoms with E-state index in [1.165, 1.54) is 16.8 Å². The zero-order chi connectivity index (χ0) is 17.6. The quantitative estimate of drug-likeness (QED) is 0.765. The average Bonchev–Trinajstić information content (AvgIpc) is 3.18. The van der Waals surface area contributed by atoms with Gasteiger partial charge in [0.1, 0.15) is 5.69 Å². The number of nitriles is 1. The zero-order valence-electron chi connectivity index (χ0n) is 13.2. The van der Waals surface area contributed by atoms with Gasteiger partial charge in [0.05, 0.1) is 23.1 Å². The van der Waals surface area contributed by atoms with Crippen molar-refractivity contribution in [1.29, 1.82) is 5.26 Å². The highest BCUT2D eigenvalue weighted by Crippen LogP contribution is 2.20. The Labute approximate surface area is 148 Å². The van der Waals surface area contributed by atoms with Gasteiger partial charge < -0.3 is 5.32 Å². The highest BCUT2D eigenvalue weighted by molar-refractivity contribution is 7.13. The zero-order valence-corrected chi connectivity index (χ0v) is 14.0. The minimum absolute atomic E-state index is 0.221. The molecule has 0 aliphatic heterocycles.